The van der Waals surface area contributed by atoms with Gasteiger partial charge < -0.3 is 15.5 Å². The van der Waals surface area contributed by atoms with Crippen LogP contribution < -0.4 is 10.6 Å². The Morgan fingerprint density at radius 2 is 1.95 bits per heavy atom. The second kappa shape index (κ2) is 5.70. The number of hydrogen-bond donors (Lipinski definition) is 1. The lowest BCUT2D eigenvalue weighted by Gasteiger charge is -2.49. The zero-order chi connectivity index (χ0) is 14.9. The number of rotatable bonds is 5. The Labute approximate surface area is 127 Å². The molecule has 1 fully saturated rings. The first-order chi connectivity index (χ1) is 9.35. The first-order valence-electron chi connectivity index (χ1n) is 7.15. The van der Waals surface area contributed by atoms with Crippen LogP contribution in [0.5, 0.6) is 0 Å². The van der Waals surface area contributed by atoms with E-state index in [0.29, 0.717) is 10.5 Å². The fourth-order valence-electron chi connectivity index (χ4n) is 3.03. The van der Waals surface area contributed by atoms with E-state index in [1.807, 2.05) is 6.07 Å². The molecule has 0 spiro atoms. The molecule has 1 aromatic rings. The first kappa shape index (κ1) is 15.3. The highest BCUT2D eigenvalue weighted by Crippen LogP contribution is 2.37. The van der Waals surface area contributed by atoms with Gasteiger partial charge in [-0.3, -0.25) is 0 Å². The fraction of sp³-hybridized carbons (Fsp3) is 0.562. The normalized spacial score (nSPS) is 16.9. The van der Waals surface area contributed by atoms with Gasteiger partial charge in [-0.15, -0.1) is 0 Å². The van der Waals surface area contributed by atoms with E-state index in [1.165, 1.54) is 24.9 Å². The number of thiocarbonyl (C=S) groups is 1. The van der Waals surface area contributed by atoms with E-state index in [4.69, 9.17) is 18.0 Å². The number of aryl methyl sites for hydroxylation is 1. The molecule has 0 amide bonds. The van der Waals surface area contributed by atoms with Gasteiger partial charge in [-0.2, -0.15) is 0 Å². The van der Waals surface area contributed by atoms with Crippen LogP contribution in [0.3, 0.4) is 0 Å². The first-order valence-corrected chi connectivity index (χ1v) is 7.55. The molecule has 4 heteroatoms. The molecule has 3 nitrogen and oxygen atoms in total. The van der Waals surface area contributed by atoms with Gasteiger partial charge in [0, 0.05) is 30.4 Å². The number of likely N-dealkylation sites (N-methyl/N-ethyl adjacent to an activating group) is 2. The predicted molar refractivity (Wildman–Crippen MR) is 90.6 cm³/mol. The van der Waals surface area contributed by atoms with E-state index in [0.717, 1.165) is 17.7 Å². The number of nitrogens with zero attached hydrogens (tertiary/aromatic N) is 2. The van der Waals surface area contributed by atoms with E-state index in [9.17, 15) is 0 Å². The number of nitrogens with two attached hydrogens (primary N) is 1. The quantitative estimate of drug-likeness (QED) is 0.845. The van der Waals surface area contributed by atoms with Crippen LogP contribution in [0.4, 0.5) is 5.69 Å². The lowest BCUT2D eigenvalue weighted by atomic mass is 9.75. The Kier molecular flexibility index (Phi) is 4.35. The van der Waals surface area contributed by atoms with Gasteiger partial charge in [0.25, 0.3) is 0 Å². The molecule has 110 valence electrons. The fourth-order valence-corrected chi connectivity index (χ4v) is 3.26. The highest BCUT2D eigenvalue weighted by Gasteiger charge is 2.39. The largest absolute Gasteiger partial charge is 0.389 e. The molecule has 20 heavy (non-hydrogen) atoms. The van der Waals surface area contributed by atoms with Crippen LogP contribution in [0.2, 0.25) is 0 Å². The lowest BCUT2D eigenvalue weighted by molar-refractivity contribution is 0.0683. The molecule has 0 bridgehead atoms. The summed E-state index contributed by atoms with van der Waals surface area (Å²) in [5.41, 5.74) is 9.42. The van der Waals surface area contributed by atoms with Gasteiger partial charge in [0.15, 0.2) is 0 Å². The van der Waals surface area contributed by atoms with Gasteiger partial charge in [0.2, 0.25) is 0 Å². The Bertz CT molecular complexity index is 506. The van der Waals surface area contributed by atoms with Gasteiger partial charge in [-0.05, 0) is 64.0 Å². The minimum atomic E-state index is 0.338. The molecular weight excluding hydrogens is 266 g/mol. The predicted octanol–water partition coefficient (Wildman–Crippen LogP) is 2.55. The van der Waals surface area contributed by atoms with Gasteiger partial charge >= 0.3 is 0 Å². The van der Waals surface area contributed by atoms with Crippen molar-refractivity contribution in [3.63, 3.8) is 0 Å². The van der Waals surface area contributed by atoms with Crippen molar-refractivity contribution in [1.29, 1.82) is 0 Å². The monoisotopic (exact) mass is 291 g/mol. The molecule has 1 aliphatic rings. The van der Waals surface area contributed by atoms with Crippen LogP contribution >= 0.6 is 12.2 Å². The summed E-state index contributed by atoms with van der Waals surface area (Å²) in [6.45, 7) is 3.13. The SMILES string of the molecule is Cc1cc(N(C)CC2(N(C)C)CCC2)ccc1C(N)=S. The lowest BCUT2D eigenvalue weighted by Crippen LogP contribution is -2.56. The van der Waals surface area contributed by atoms with E-state index < -0.39 is 0 Å². The molecule has 1 saturated carbocycles. The summed E-state index contributed by atoms with van der Waals surface area (Å²) < 4.78 is 0. The topological polar surface area (TPSA) is 32.5 Å². The van der Waals surface area contributed by atoms with Gasteiger partial charge in [-0.1, -0.05) is 12.2 Å². The minimum Gasteiger partial charge on any atom is -0.389 e. The Morgan fingerprint density at radius 3 is 2.35 bits per heavy atom. The van der Waals surface area contributed by atoms with Crippen LogP contribution in [-0.4, -0.2) is 43.1 Å². The highest BCUT2D eigenvalue weighted by atomic mass is 32.1. The summed E-state index contributed by atoms with van der Waals surface area (Å²) in [4.78, 5) is 5.19. The average Bonchev–Trinajstić information content (AvgIpc) is 2.32. The molecule has 0 unspecified atom stereocenters. The van der Waals surface area contributed by atoms with Crippen molar-refractivity contribution in [2.75, 3.05) is 32.6 Å². The second-order valence-corrected chi connectivity index (χ2v) is 6.63. The van der Waals surface area contributed by atoms with Crippen molar-refractivity contribution in [3.8, 4) is 0 Å². The van der Waals surface area contributed by atoms with Crippen LogP contribution in [0.15, 0.2) is 18.2 Å². The molecule has 0 atom stereocenters. The Morgan fingerprint density at radius 1 is 1.30 bits per heavy atom. The molecule has 1 aromatic carbocycles. The molecule has 0 heterocycles. The summed E-state index contributed by atoms with van der Waals surface area (Å²) in [7, 11) is 6.54. The van der Waals surface area contributed by atoms with Gasteiger partial charge in [0.1, 0.15) is 4.99 Å². The zero-order valence-corrected chi connectivity index (χ0v) is 13.8. The van der Waals surface area contributed by atoms with Crippen molar-refractivity contribution in [3.05, 3.63) is 29.3 Å². The molecular formula is C16H25N3S. The van der Waals surface area contributed by atoms with E-state index in [-0.39, 0.29) is 0 Å². The third kappa shape index (κ3) is 2.81. The van der Waals surface area contributed by atoms with Crippen molar-refractivity contribution >= 4 is 22.9 Å². The minimum absolute atomic E-state index is 0.338. The van der Waals surface area contributed by atoms with E-state index >= 15 is 0 Å². The van der Waals surface area contributed by atoms with Crippen molar-refractivity contribution in [2.24, 2.45) is 5.73 Å². The van der Waals surface area contributed by atoms with Crippen molar-refractivity contribution in [1.82, 2.24) is 4.90 Å². The third-order valence-corrected chi connectivity index (χ3v) is 4.90. The molecule has 2 N–H and O–H groups in total. The Hall–Kier alpha value is -1.13. The van der Waals surface area contributed by atoms with Crippen LogP contribution in [0.25, 0.3) is 0 Å². The maximum absolute atomic E-state index is 5.72. The molecule has 0 aliphatic heterocycles. The smallest absolute Gasteiger partial charge is 0.104 e. The standard InChI is InChI=1S/C16H25N3S/c1-12-10-13(6-7-14(12)15(17)20)19(4)11-16(18(2)3)8-5-9-16/h6-7,10H,5,8-9,11H2,1-4H3,(H2,17,20). The maximum Gasteiger partial charge on any atom is 0.104 e. The number of benzene rings is 1. The van der Waals surface area contributed by atoms with Crippen LogP contribution in [-0.2, 0) is 0 Å². The summed E-state index contributed by atoms with van der Waals surface area (Å²) >= 11 is 5.07. The Balaban J connectivity index is 2.15. The zero-order valence-electron chi connectivity index (χ0n) is 12.9. The molecule has 1 aliphatic carbocycles. The highest BCUT2D eigenvalue weighted by molar-refractivity contribution is 7.80. The van der Waals surface area contributed by atoms with Crippen molar-refractivity contribution in [2.45, 2.75) is 31.7 Å². The van der Waals surface area contributed by atoms with E-state index in [2.05, 4.69) is 50.0 Å². The van der Waals surface area contributed by atoms with Crippen LogP contribution in [0.1, 0.15) is 30.4 Å². The average molecular weight is 291 g/mol. The van der Waals surface area contributed by atoms with Crippen molar-refractivity contribution < 1.29 is 0 Å². The number of hydrogen-bond acceptors (Lipinski definition) is 3. The molecule has 2 rings (SSSR count). The second-order valence-electron chi connectivity index (χ2n) is 6.19. The summed E-state index contributed by atoms with van der Waals surface area (Å²) in [5, 5.41) is 0. The molecule has 0 aromatic heterocycles. The maximum atomic E-state index is 5.72. The van der Waals surface area contributed by atoms with Gasteiger partial charge in [0.05, 0.1) is 0 Å². The third-order valence-electron chi connectivity index (χ3n) is 4.68. The number of anilines is 1. The molecule has 0 radical (unpaired) electrons. The molecule has 0 saturated heterocycles. The van der Waals surface area contributed by atoms with Gasteiger partial charge in [-0.25, -0.2) is 0 Å². The van der Waals surface area contributed by atoms with Crippen LogP contribution in [0, 0.1) is 6.92 Å². The summed E-state index contributed by atoms with van der Waals surface area (Å²) in [6.07, 6.45) is 3.91. The summed E-state index contributed by atoms with van der Waals surface area (Å²) in [5.74, 6) is 0. The van der Waals surface area contributed by atoms with E-state index in [1.54, 1.807) is 0 Å². The summed E-state index contributed by atoms with van der Waals surface area (Å²) in [6, 6.07) is 6.33.